The number of anilines is 1. The van der Waals surface area contributed by atoms with Crippen LogP contribution in [0.4, 0.5) is 5.82 Å². The molecule has 3 rings (SSSR count). The van der Waals surface area contributed by atoms with Gasteiger partial charge in [-0.05, 0) is 18.1 Å². The minimum Gasteiger partial charge on any atom is -0.384 e. The van der Waals surface area contributed by atoms with Crippen molar-refractivity contribution in [1.82, 2.24) is 19.1 Å². The summed E-state index contributed by atoms with van der Waals surface area (Å²) < 4.78 is 8.17. The summed E-state index contributed by atoms with van der Waals surface area (Å²) in [7, 11) is 1.48. The minimum absolute atomic E-state index is 0.0306. The third-order valence-corrected chi connectivity index (χ3v) is 5.51. The van der Waals surface area contributed by atoms with Gasteiger partial charge in [-0.2, -0.15) is 0 Å². The van der Waals surface area contributed by atoms with Crippen LogP contribution < -0.4 is 17.0 Å². The normalized spacial score (nSPS) is 11.5. The number of nitrogen functional groups attached to an aromatic ring is 1. The maximum atomic E-state index is 12.8. The SMILES string of the molecule is COCCn1c(N)c(C(=O)CSc2nc3ccccc3n2CC(C)C)c(=O)[nH]c1=O. The van der Waals surface area contributed by atoms with Gasteiger partial charge in [-0.25, -0.2) is 9.78 Å². The molecule has 0 saturated heterocycles. The van der Waals surface area contributed by atoms with E-state index in [-0.39, 0.29) is 30.3 Å². The lowest BCUT2D eigenvalue weighted by Gasteiger charge is -2.12. The summed E-state index contributed by atoms with van der Waals surface area (Å²) >= 11 is 1.24. The summed E-state index contributed by atoms with van der Waals surface area (Å²) in [5.41, 5.74) is 6.16. The topological polar surface area (TPSA) is 125 Å². The summed E-state index contributed by atoms with van der Waals surface area (Å²) in [6.45, 7) is 5.32. The number of hydrogen-bond acceptors (Lipinski definition) is 7. The number of Topliss-reactive ketones (excluding diaryl/α,β-unsaturated/α-hetero) is 1. The van der Waals surface area contributed by atoms with Crippen molar-refractivity contribution in [1.29, 1.82) is 0 Å². The van der Waals surface area contributed by atoms with Crippen molar-refractivity contribution >= 4 is 34.4 Å². The van der Waals surface area contributed by atoms with Gasteiger partial charge in [0.1, 0.15) is 11.4 Å². The molecule has 3 aromatic rings. The minimum atomic E-state index is -0.785. The van der Waals surface area contributed by atoms with Crippen LogP contribution in [0.5, 0.6) is 0 Å². The van der Waals surface area contributed by atoms with E-state index in [2.05, 4.69) is 28.4 Å². The van der Waals surface area contributed by atoms with Crippen molar-refractivity contribution < 1.29 is 9.53 Å². The number of nitrogens with two attached hydrogens (primary N) is 1. The van der Waals surface area contributed by atoms with Crippen LogP contribution in [0.2, 0.25) is 0 Å². The standard InChI is InChI=1S/C20H25N5O4S/c1-12(2)10-25-14-7-5-4-6-13(14)22-20(25)30-11-15(26)16-17(21)24(8-9-29-3)19(28)23-18(16)27/h4-7,12H,8-11,21H2,1-3H3,(H,23,27,28). The highest BCUT2D eigenvalue weighted by molar-refractivity contribution is 7.99. The Morgan fingerprint density at radius 3 is 2.70 bits per heavy atom. The van der Waals surface area contributed by atoms with Gasteiger partial charge in [0.05, 0.1) is 29.9 Å². The highest BCUT2D eigenvalue weighted by Gasteiger charge is 2.21. The number of nitrogens with one attached hydrogen (secondary N) is 1. The van der Waals surface area contributed by atoms with Gasteiger partial charge in [0.25, 0.3) is 5.56 Å². The number of para-hydroxylation sites is 2. The number of ether oxygens (including phenoxy) is 1. The van der Waals surface area contributed by atoms with Gasteiger partial charge >= 0.3 is 5.69 Å². The largest absolute Gasteiger partial charge is 0.384 e. The van der Waals surface area contributed by atoms with E-state index in [1.54, 1.807) is 0 Å². The Morgan fingerprint density at radius 1 is 1.27 bits per heavy atom. The predicted octanol–water partition coefficient (Wildman–Crippen LogP) is 1.75. The smallest absolute Gasteiger partial charge is 0.330 e. The second-order valence-corrected chi connectivity index (χ2v) is 8.21. The number of methoxy groups -OCH3 is 1. The van der Waals surface area contributed by atoms with Crippen LogP contribution in [0.25, 0.3) is 11.0 Å². The molecule has 0 fully saturated rings. The maximum Gasteiger partial charge on any atom is 0.330 e. The lowest BCUT2D eigenvalue weighted by molar-refractivity contribution is 0.102. The summed E-state index contributed by atoms with van der Waals surface area (Å²) in [6, 6.07) is 7.78. The number of thioether (sulfide) groups is 1. The number of aromatic nitrogens is 4. The first kappa shape index (κ1) is 21.8. The molecule has 0 spiro atoms. The number of carbonyl (C=O) groups is 1. The van der Waals surface area contributed by atoms with E-state index in [9.17, 15) is 14.4 Å². The van der Waals surface area contributed by atoms with Crippen molar-refractivity contribution in [2.45, 2.75) is 32.1 Å². The number of carbonyl (C=O) groups excluding carboxylic acids is 1. The zero-order valence-corrected chi connectivity index (χ0v) is 18.0. The predicted molar refractivity (Wildman–Crippen MR) is 117 cm³/mol. The molecule has 0 radical (unpaired) electrons. The molecule has 1 aromatic carbocycles. The molecule has 9 nitrogen and oxygen atoms in total. The van der Waals surface area contributed by atoms with Gasteiger partial charge in [0.2, 0.25) is 0 Å². The Balaban J connectivity index is 1.89. The van der Waals surface area contributed by atoms with Gasteiger partial charge in [-0.1, -0.05) is 37.7 Å². The van der Waals surface area contributed by atoms with E-state index in [0.29, 0.717) is 11.1 Å². The van der Waals surface area contributed by atoms with E-state index in [1.807, 2.05) is 24.3 Å². The molecule has 160 valence electrons. The number of benzene rings is 1. The molecule has 0 amide bonds. The van der Waals surface area contributed by atoms with Crippen molar-refractivity contribution in [3.63, 3.8) is 0 Å². The average Bonchev–Trinajstić information content (AvgIpc) is 3.03. The quantitative estimate of drug-likeness (QED) is 0.390. The number of H-pyrrole nitrogens is 1. The van der Waals surface area contributed by atoms with E-state index < -0.39 is 17.0 Å². The Morgan fingerprint density at radius 2 is 2.00 bits per heavy atom. The van der Waals surface area contributed by atoms with Crippen LogP contribution in [0.3, 0.4) is 0 Å². The number of rotatable bonds is 9. The third-order valence-electron chi connectivity index (χ3n) is 4.54. The Bertz CT molecular complexity index is 1180. The van der Waals surface area contributed by atoms with Crippen molar-refractivity contribution in [3.05, 3.63) is 50.7 Å². The highest BCUT2D eigenvalue weighted by Crippen LogP contribution is 2.26. The first-order valence-corrected chi connectivity index (χ1v) is 10.5. The number of nitrogens with zero attached hydrogens (tertiary/aromatic N) is 3. The van der Waals surface area contributed by atoms with Crippen molar-refractivity contribution in [2.24, 2.45) is 5.92 Å². The molecule has 0 atom stereocenters. The highest BCUT2D eigenvalue weighted by atomic mass is 32.2. The second kappa shape index (κ2) is 9.31. The van der Waals surface area contributed by atoms with Crippen molar-refractivity contribution in [2.75, 3.05) is 25.2 Å². The van der Waals surface area contributed by atoms with E-state index in [1.165, 1.54) is 18.9 Å². The van der Waals surface area contributed by atoms with Crippen LogP contribution in [0.1, 0.15) is 24.2 Å². The van der Waals surface area contributed by atoms with E-state index >= 15 is 0 Å². The van der Waals surface area contributed by atoms with Gasteiger partial charge in [-0.15, -0.1) is 0 Å². The number of ketones is 1. The molecule has 0 aliphatic carbocycles. The summed E-state index contributed by atoms with van der Waals surface area (Å²) in [5, 5.41) is 0.695. The van der Waals surface area contributed by atoms with Gasteiger partial charge < -0.3 is 15.0 Å². The van der Waals surface area contributed by atoms with Gasteiger partial charge in [0.15, 0.2) is 10.9 Å². The van der Waals surface area contributed by atoms with Crippen molar-refractivity contribution in [3.8, 4) is 0 Å². The fraction of sp³-hybridized carbons (Fsp3) is 0.400. The third kappa shape index (κ3) is 4.49. The molecule has 10 heteroatoms. The molecular weight excluding hydrogens is 406 g/mol. The van der Waals surface area contributed by atoms with Crippen LogP contribution in [-0.4, -0.2) is 44.4 Å². The summed E-state index contributed by atoms with van der Waals surface area (Å²) in [4.78, 5) is 43.9. The molecule has 0 aliphatic heterocycles. The molecule has 0 aliphatic rings. The number of fused-ring (bicyclic) bond motifs is 1. The Labute approximate surface area is 177 Å². The zero-order chi connectivity index (χ0) is 21.8. The lowest BCUT2D eigenvalue weighted by atomic mass is 10.2. The van der Waals surface area contributed by atoms with Crippen LogP contribution in [0.15, 0.2) is 39.0 Å². The Hall–Kier alpha value is -2.85. The molecule has 2 heterocycles. The molecule has 0 saturated carbocycles. The van der Waals surface area contributed by atoms with Gasteiger partial charge in [-0.3, -0.25) is 19.1 Å². The second-order valence-electron chi connectivity index (χ2n) is 7.26. The van der Waals surface area contributed by atoms with E-state index in [0.717, 1.165) is 22.1 Å². The lowest BCUT2D eigenvalue weighted by Crippen LogP contribution is -2.37. The zero-order valence-electron chi connectivity index (χ0n) is 17.2. The molecule has 30 heavy (non-hydrogen) atoms. The van der Waals surface area contributed by atoms with Crippen LogP contribution >= 0.6 is 11.8 Å². The van der Waals surface area contributed by atoms with Crippen LogP contribution in [0, 0.1) is 5.92 Å². The summed E-state index contributed by atoms with van der Waals surface area (Å²) in [5.74, 6) is -0.257. The number of hydrogen-bond donors (Lipinski definition) is 2. The fourth-order valence-corrected chi connectivity index (χ4v) is 4.07. The molecule has 3 N–H and O–H groups in total. The average molecular weight is 432 g/mol. The first-order chi connectivity index (χ1) is 14.3. The van der Waals surface area contributed by atoms with Crippen LogP contribution in [-0.2, 0) is 17.8 Å². The van der Waals surface area contributed by atoms with E-state index in [4.69, 9.17) is 10.5 Å². The summed E-state index contributed by atoms with van der Waals surface area (Å²) in [6.07, 6.45) is 0. The monoisotopic (exact) mass is 431 g/mol. The molecular formula is C20H25N5O4S. The molecule has 0 bridgehead atoms. The molecule has 0 unspecified atom stereocenters. The Kier molecular flexibility index (Phi) is 6.78. The number of aromatic amines is 1. The maximum absolute atomic E-state index is 12.8. The van der Waals surface area contributed by atoms with Gasteiger partial charge in [0, 0.05) is 13.7 Å². The number of imidazole rings is 1. The molecule has 2 aromatic heterocycles. The fourth-order valence-electron chi connectivity index (χ4n) is 3.17. The first-order valence-electron chi connectivity index (χ1n) is 9.56.